The minimum atomic E-state index is -3.60. The molecule has 1 aliphatic rings. The normalized spacial score (nSPS) is 21.6. The molecule has 2 N–H and O–H groups in total. The number of nitrogens with zero attached hydrogens (tertiary/aromatic N) is 1. The Balaban J connectivity index is 2.86. The van der Waals surface area contributed by atoms with Gasteiger partial charge in [-0.25, -0.2) is 4.72 Å². The summed E-state index contributed by atoms with van der Waals surface area (Å²) in [5.74, 6) is -0.0369. The number of amides is 1. The zero-order valence-electron chi connectivity index (χ0n) is 10.8. The van der Waals surface area contributed by atoms with Gasteiger partial charge in [-0.1, -0.05) is 13.8 Å². The second kappa shape index (κ2) is 4.91. The fourth-order valence-corrected chi connectivity index (χ4v) is 3.37. The SMILES string of the molecule is CC(C)CNS(=O)(=O)N1CCNC(=O)C1(C)C. The Morgan fingerprint density at radius 2 is 2.06 bits per heavy atom. The first-order chi connectivity index (χ1) is 7.68. The first-order valence-corrected chi connectivity index (χ1v) is 7.17. The van der Waals surface area contributed by atoms with E-state index in [1.165, 1.54) is 4.31 Å². The van der Waals surface area contributed by atoms with Crippen LogP contribution in [0.5, 0.6) is 0 Å². The highest BCUT2D eigenvalue weighted by Gasteiger charge is 2.44. The van der Waals surface area contributed by atoms with Gasteiger partial charge in [-0.3, -0.25) is 4.79 Å². The van der Waals surface area contributed by atoms with E-state index in [2.05, 4.69) is 10.0 Å². The van der Waals surface area contributed by atoms with Gasteiger partial charge in [0.2, 0.25) is 5.91 Å². The van der Waals surface area contributed by atoms with Crippen LogP contribution in [0.25, 0.3) is 0 Å². The molecule has 0 radical (unpaired) electrons. The van der Waals surface area contributed by atoms with Crippen LogP contribution in [0.3, 0.4) is 0 Å². The molecule has 100 valence electrons. The van der Waals surface area contributed by atoms with Crippen molar-refractivity contribution in [2.75, 3.05) is 19.6 Å². The predicted molar refractivity (Wildman–Crippen MR) is 65.6 cm³/mol. The van der Waals surface area contributed by atoms with Crippen LogP contribution < -0.4 is 10.0 Å². The van der Waals surface area contributed by atoms with E-state index >= 15 is 0 Å². The third-order valence-corrected chi connectivity index (χ3v) is 4.49. The summed E-state index contributed by atoms with van der Waals surface area (Å²) >= 11 is 0. The molecule has 0 aliphatic carbocycles. The van der Waals surface area contributed by atoms with Crippen LogP contribution >= 0.6 is 0 Å². The van der Waals surface area contributed by atoms with Crippen LogP contribution in [-0.4, -0.2) is 43.8 Å². The molecule has 6 nitrogen and oxygen atoms in total. The number of carbonyl (C=O) groups excluding carboxylic acids is 1. The van der Waals surface area contributed by atoms with Crippen LogP contribution in [0.2, 0.25) is 0 Å². The Morgan fingerprint density at radius 3 is 2.59 bits per heavy atom. The van der Waals surface area contributed by atoms with Crippen LogP contribution in [0.4, 0.5) is 0 Å². The van der Waals surface area contributed by atoms with Gasteiger partial charge in [0.15, 0.2) is 0 Å². The first kappa shape index (κ1) is 14.4. The summed E-state index contributed by atoms with van der Waals surface area (Å²) in [6, 6.07) is 0. The highest BCUT2D eigenvalue weighted by molar-refractivity contribution is 7.87. The van der Waals surface area contributed by atoms with Gasteiger partial charge >= 0.3 is 0 Å². The molecule has 1 saturated heterocycles. The largest absolute Gasteiger partial charge is 0.353 e. The van der Waals surface area contributed by atoms with Gasteiger partial charge in [0.1, 0.15) is 5.54 Å². The maximum atomic E-state index is 12.1. The molecular formula is C10H21N3O3S. The van der Waals surface area contributed by atoms with E-state index in [-0.39, 0.29) is 11.8 Å². The molecule has 1 aliphatic heterocycles. The van der Waals surface area contributed by atoms with E-state index in [0.717, 1.165) is 0 Å². The third-order valence-electron chi connectivity index (χ3n) is 2.74. The van der Waals surface area contributed by atoms with Gasteiger partial charge in [-0.15, -0.1) is 0 Å². The minimum absolute atomic E-state index is 0.228. The van der Waals surface area contributed by atoms with Gasteiger partial charge in [-0.2, -0.15) is 12.7 Å². The van der Waals surface area contributed by atoms with Gasteiger partial charge in [-0.05, 0) is 19.8 Å². The number of rotatable bonds is 4. The second-order valence-corrected chi connectivity index (χ2v) is 6.81. The van der Waals surface area contributed by atoms with Crippen molar-refractivity contribution >= 4 is 16.1 Å². The highest BCUT2D eigenvalue weighted by atomic mass is 32.2. The van der Waals surface area contributed by atoms with Crippen molar-refractivity contribution < 1.29 is 13.2 Å². The number of hydrogen-bond donors (Lipinski definition) is 2. The van der Waals surface area contributed by atoms with Crippen LogP contribution in [0.1, 0.15) is 27.7 Å². The monoisotopic (exact) mass is 263 g/mol. The predicted octanol–water partition coefficient (Wildman–Crippen LogP) is -0.313. The summed E-state index contributed by atoms with van der Waals surface area (Å²) in [5.41, 5.74) is -1.04. The topological polar surface area (TPSA) is 78.5 Å². The lowest BCUT2D eigenvalue weighted by Crippen LogP contribution is -2.65. The van der Waals surface area contributed by atoms with Gasteiger partial charge < -0.3 is 5.32 Å². The van der Waals surface area contributed by atoms with E-state index in [4.69, 9.17) is 0 Å². The molecule has 1 heterocycles. The average molecular weight is 263 g/mol. The fourth-order valence-electron chi connectivity index (χ4n) is 1.65. The molecule has 0 saturated carbocycles. The maximum absolute atomic E-state index is 12.1. The number of nitrogens with one attached hydrogen (secondary N) is 2. The summed E-state index contributed by atoms with van der Waals surface area (Å²) in [4.78, 5) is 11.7. The molecule has 0 atom stereocenters. The molecular weight excluding hydrogens is 242 g/mol. The lowest BCUT2D eigenvalue weighted by Gasteiger charge is -2.39. The zero-order chi connectivity index (χ0) is 13.3. The standard InChI is InChI=1S/C10H21N3O3S/c1-8(2)7-12-17(15,16)13-6-5-11-9(14)10(13,3)4/h8,12H,5-7H2,1-4H3,(H,11,14). The summed E-state index contributed by atoms with van der Waals surface area (Å²) in [5, 5.41) is 2.67. The number of hydrogen-bond acceptors (Lipinski definition) is 3. The van der Waals surface area contributed by atoms with E-state index in [9.17, 15) is 13.2 Å². The summed E-state index contributed by atoms with van der Waals surface area (Å²) in [6.45, 7) is 8.09. The summed E-state index contributed by atoms with van der Waals surface area (Å²) in [7, 11) is -3.60. The molecule has 0 spiro atoms. The molecule has 0 aromatic rings. The second-order valence-electron chi connectivity index (χ2n) is 5.13. The number of piperazine rings is 1. The average Bonchev–Trinajstić information content (AvgIpc) is 2.19. The van der Waals surface area contributed by atoms with E-state index < -0.39 is 15.7 Å². The third kappa shape index (κ3) is 3.17. The van der Waals surface area contributed by atoms with Crippen molar-refractivity contribution in [1.82, 2.24) is 14.3 Å². The molecule has 1 fully saturated rings. The lowest BCUT2D eigenvalue weighted by atomic mass is 10.0. The molecule has 0 aromatic carbocycles. The Hall–Kier alpha value is -0.660. The maximum Gasteiger partial charge on any atom is 0.280 e. The van der Waals surface area contributed by atoms with E-state index in [1.807, 2.05) is 13.8 Å². The van der Waals surface area contributed by atoms with Crippen molar-refractivity contribution in [3.63, 3.8) is 0 Å². The molecule has 0 aromatic heterocycles. The molecule has 0 unspecified atom stereocenters. The van der Waals surface area contributed by atoms with Gasteiger partial charge in [0.25, 0.3) is 10.2 Å². The minimum Gasteiger partial charge on any atom is -0.353 e. The Bertz CT molecular complexity index is 390. The van der Waals surface area contributed by atoms with Crippen LogP contribution in [0, 0.1) is 5.92 Å². The van der Waals surface area contributed by atoms with Crippen molar-refractivity contribution in [2.24, 2.45) is 5.92 Å². The van der Waals surface area contributed by atoms with Crippen LogP contribution in [0.15, 0.2) is 0 Å². The Labute approximate surface area is 103 Å². The molecule has 1 amide bonds. The van der Waals surface area contributed by atoms with E-state index in [0.29, 0.717) is 19.6 Å². The Morgan fingerprint density at radius 1 is 1.47 bits per heavy atom. The lowest BCUT2D eigenvalue weighted by molar-refractivity contribution is -0.131. The summed E-state index contributed by atoms with van der Waals surface area (Å²) < 4.78 is 27.9. The summed E-state index contributed by atoms with van der Waals surface area (Å²) in [6.07, 6.45) is 0. The van der Waals surface area contributed by atoms with Crippen molar-refractivity contribution in [2.45, 2.75) is 33.2 Å². The van der Waals surface area contributed by atoms with Crippen LogP contribution in [-0.2, 0) is 15.0 Å². The van der Waals surface area contributed by atoms with Crippen molar-refractivity contribution in [3.8, 4) is 0 Å². The molecule has 1 rings (SSSR count). The zero-order valence-corrected chi connectivity index (χ0v) is 11.6. The van der Waals surface area contributed by atoms with E-state index in [1.54, 1.807) is 13.8 Å². The quantitative estimate of drug-likeness (QED) is 0.730. The smallest absolute Gasteiger partial charge is 0.280 e. The Kier molecular flexibility index (Phi) is 4.16. The number of carbonyl (C=O) groups is 1. The first-order valence-electron chi connectivity index (χ1n) is 5.73. The van der Waals surface area contributed by atoms with Crippen molar-refractivity contribution in [3.05, 3.63) is 0 Å². The molecule has 17 heavy (non-hydrogen) atoms. The highest BCUT2D eigenvalue weighted by Crippen LogP contribution is 2.20. The molecule has 7 heteroatoms. The van der Waals surface area contributed by atoms with Gasteiger partial charge in [0, 0.05) is 19.6 Å². The van der Waals surface area contributed by atoms with Crippen molar-refractivity contribution in [1.29, 1.82) is 0 Å². The molecule has 0 bridgehead atoms. The fraction of sp³-hybridized carbons (Fsp3) is 0.900. The van der Waals surface area contributed by atoms with Gasteiger partial charge in [0.05, 0.1) is 0 Å².